The number of hydrogen-bond acceptors (Lipinski definition) is 7. The van der Waals surface area contributed by atoms with Gasteiger partial charge in [0.05, 0.1) is 16.6 Å². The maximum absolute atomic E-state index is 12.5. The average Bonchev–Trinajstić information content (AvgIpc) is 3.15. The van der Waals surface area contributed by atoms with Crippen molar-refractivity contribution < 1.29 is 14.5 Å². The van der Waals surface area contributed by atoms with Crippen LogP contribution < -0.4 is 10.6 Å². The van der Waals surface area contributed by atoms with E-state index in [0.717, 1.165) is 11.3 Å². The number of amides is 2. The van der Waals surface area contributed by atoms with Crippen molar-refractivity contribution in [2.75, 3.05) is 6.54 Å². The molecule has 0 fully saturated rings. The number of nitro groups is 1. The number of nitro benzene ring substituents is 1. The summed E-state index contributed by atoms with van der Waals surface area (Å²) in [6, 6.07) is 7.15. The molecule has 2 amide bonds. The van der Waals surface area contributed by atoms with Crippen LogP contribution >= 0.6 is 11.3 Å². The first-order valence-corrected chi connectivity index (χ1v) is 9.36. The molecule has 0 unspecified atom stereocenters. The molecular formula is C18H19N5O4S. The lowest BCUT2D eigenvalue weighted by molar-refractivity contribution is -0.384. The van der Waals surface area contributed by atoms with E-state index < -0.39 is 22.8 Å². The van der Waals surface area contributed by atoms with E-state index in [1.165, 1.54) is 11.4 Å². The van der Waals surface area contributed by atoms with E-state index in [2.05, 4.69) is 15.6 Å². The normalized spacial score (nSPS) is 11.5. The van der Waals surface area contributed by atoms with Crippen LogP contribution in [0.5, 0.6) is 0 Å². The zero-order chi connectivity index (χ0) is 20.7. The fourth-order valence-corrected chi connectivity index (χ4v) is 3.33. The Labute approximate surface area is 165 Å². The summed E-state index contributed by atoms with van der Waals surface area (Å²) in [4.78, 5) is 39.6. The number of rotatable bonds is 8. The molecule has 0 saturated carbocycles. The van der Waals surface area contributed by atoms with E-state index in [1.807, 2.05) is 19.9 Å². The highest BCUT2D eigenvalue weighted by atomic mass is 32.1. The number of carbonyl (C=O) groups is 2. The van der Waals surface area contributed by atoms with Gasteiger partial charge in [-0.05, 0) is 18.4 Å². The lowest BCUT2D eigenvalue weighted by Crippen LogP contribution is -2.47. The summed E-state index contributed by atoms with van der Waals surface area (Å²) in [5, 5.41) is 26.7. The van der Waals surface area contributed by atoms with Gasteiger partial charge in [-0.3, -0.25) is 19.7 Å². The second-order valence-corrected chi connectivity index (χ2v) is 7.20. The third-order valence-corrected chi connectivity index (χ3v) is 4.61. The van der Waals surface area contributed by atoms with E-state index in [-0.39, 0.29) is 23.8 Å². The van der Waals surface area contributed by atoms with Crippen molar-refractivity contribution in [3.05, 3.63) is 45.5 Å². The van der Waals surface area contributed by atoms with Crippen LogP contribution in [0.1, 0.15) is 30.8 Å². The fraction of sp³-hybridized carbons (Fsp3) is 0.333. The molecule has 0 bridgehead atoms. The van der Waals surface area contributed by atoms with Gasteiger partial charge in [-0.2, -0.15) is 5.26 Å². The fourth-order valence-electron chi connectivity index (χ4n) is 2.50. The molecule has 1 aromatic heterocycles. The minimum Gasteiger partial charge on any atom is -0.341 e. The van der Waals surface area contributed by atoms with Gasteiger partial charge in [-0.15, -0.1) is 11.3 Å². The molecule has 1 heterocycles. The van der Waals surface area contributed by atoms with Gasteiger partial charge >= 0.3 is 0 Å². The lowest BCUT2D eigenvalue weighted by atomic mass is 10.0. The van der Waals surface area contributed by atoms with E-state index >= 15 is 0 Å². The van der Waals surface area contributed by atoms with Gasteiger partial charge in [-0.1, -0.05) is 26.0 Å². The number of thiazole rings is 1. The predicted molar refractivity (Wildman–Crippen MR) is 104 cm³/mol. The molecule has 2 aromatic rings. The molecule has 0 aliphatic heterocycles. The molecule has 2 rings (SSSR count). The van der Waals surface area contributed by atoms with Gasteiger partial charge in [0.15, 0.2) is 0 Å². The standard InChI is InChI=1S/C18H19N5O4S/c1-11(2)9-13(16(24)20-8-7-19)21-17(25)14-10-28-18(22-14)12-5-3-4-6-15(12)23(26)27/h3-6,10-11,13H,8-9H2,1-2H3,(H,20,24)(H,21,25)/t13-/m0/s1. The van der Waals surface area contributed by atoms with E-state index in [9.17, 15) is 19.7 Å². The summed E-state index contributed by atoms with van der Waals surface area (Å²) in [5.74, 6) is -0.868. The summed E-state index contributed by atoms with van der Waals surface area (Å²) in [6.45, 7) is 3.67. The van der Waals surface area contributed by atoms with Gasteiger partial charge in [0, 0.05) is 11.4 Å². The molecule has 2 N–H and O–H groups in total. The number of aromatic nitrogens is 1. The molecule has 1 atom stereocenters. The first-order valence-electron chi connectivity index (χ1n) is 8.48. The molecule has 0 aliphatic carbocycles. The maximum atomic E-state index is 12.5. The zero-order valence-electron chi connectivity index (χ0n) is 15.3. The number of nitriles is 1. The second-order valence-electron chi connectivity index (χ2n) is 6.34. The monoisotopic (exact) mass is 401 g/mol. The van der Waals surface area contributed by atoms with Crippen LogP contribution in [0.2, 0.25) is 0 Å². The second kappa shape index (κ2) is 9.57. The van der Waals surface area contributed by atoms with E-state index in [0.29, 0.717) is 17.0 Å². The van der Waals surface area contributed by atoms with Crippen molar-refractivity contribution in [3.63, 3.8) is 0 Å². The SMILES string of the molecule is CC(C)C[C@H](NC(=O)c1csc(-c2ccccc2[N+](=O)[O-])n1)C(=O)NCC#N. The lowest BCUT2D eigenvalue weighted by Gasteiger charge is -2.19. The van der Waals surface area contributed by atoms with Crippen molar-refractivity contribution in [2.24, 2.45) is 5.92 Å². The molecule has 1 aromatic carbocycles. The number of carbonyl (C=O) groups excluding carboxylic acids is 2. The van der Waals surface area contributed by atoms with Crippen LogP contribution in [0.4, 0.5) is 5.69 Å². The minimum absolute atomic E-state index is 0.0694. The average molecular weight is 401 g/mol. The van der Waals surface area contributed by atoms with Gasteiger partial charge in [0.1, 0.15) is 23.3 Å². The van der Waals surface area contributed by atoms with Crippen LogP contribution in [0.15, 0.2) is 29.6 Å². The summed E-state index contributed by atoms with van der Waals surface area (Å²) >= 11 is 1.11. The van der Waals surface area contributed by atoms with Crippen molar-refractivity contribution in [2.45, 2.75) is 26.3 Å². The number of nitrogens with zero attached hydrogens (tertiary/aromatic N) is 3. The van der Waals surface area contributed by atoms with Crippen molar-refractivity contribution in [1.82, 2.24) is 15.6 Å². The van der Waals surface area contributed by atoms with Gasteiger partial charge < -0.3 is 10.6 Å². The Morgan fingerprint density at radius 1 is 1.36 bits per heavy atom. The van der Waals surface area contributed by atoms with Crippen molar-refractivity contribution >= 4 is 28.8 Å². The molecule has 0 radical (unpaired) electrons. The van der Waals surface area contributed by atoms with Crippen LogP contribution in [0.3, 0.4) is 0 Å². The summed E-state index contributed by atoms with van der Waals surface area (Å²) in [5.41, 5.74) is 0.291. The molecule has 0 aliphatic rings. The molecule has 146 valence electrons. The summed E-state index contributed by atoms with van der Waals surface area (Å²) < 4.78 is 0. The molecule has 9 nitrogen and oxygen atoms in total. The first kappa shape index (κ1) is 21.0. The van der Waals surface area contributed by atoms with Crippen LogP contribution in [0.25, 0.3) is 10.6 Å². The van der Waals surface area contributed by atoms with E-state index in [1.54, 1.807) is 18.2 Å². The van der Waals surface area contributed by atoms with Crippen LogP contribution in [-0.4, -0.2) is 34.3 Å². The molecule has 28 heavy (non-hydrogen) atoms. The molecular weight excluding hydrogens is 382 g/mol. The summed E-state index contributed by atoms with van der Waals surface area (Å²) in [7, 11) is 0. The number of hydrogen-bond donors (Lipinski definition) is 2. The van der Waals surface area contributed by atoms with Gasteiger partial charge in [-0.25, -0.2) is 4.98 Å². The van der Waals surface area contributed by atoms with Crippen LogP contribution in [-0.2, 0) is 4.79 Å². The third kappa shape index (κ3) is 5.34. The molecule has 10 heteroatoms. The number of para-hydroxylation sites is 1. The Hall–Kier alpha value is -3.32. The molecule has 0 spiro atoms. The third-order valence-electron chi connectivity index (χ3n) is 3.74. The molecule has 0 saturated heterocycles. The van der Waals surface area contributed by atoms with Crippen LogP contribution in [0, 0.1) is 27.4 Å². The highest BCUT2D eigenvalue weighted by Crippen LogP contribution is 2.31. The number of benzene rings is 1. The maximum Gasteiger partial charge on any atom is 0.279 e. The summed E-state index contributed by atoms with van der Waals surface area (Å²) in [6.07, 6.45) is 0.393. The zero-order valence-corrected chi connectivity index (χ0v) is 16.2. The Bertz CT molecular complexity index is 919. The van der Waals surface area contributed by atoms with Gasteiger partial charge in [0.2, 0.25) is 5.91 Å². The first-order chi connectivity index (χ1) is 13.3. The Morgan fingerprint density at radius 3 is 2.71 bits per heavy atom. The minimum atomic E-state index is -0.808. The topological polar surface area (TPSA) is 138 Å². The van der Waals surface area contributed by atoms with E-state index in [4.69, 9.17) is 5.26 Å². The Morgan fingerprint density at radius 2 is 2.07 bits per heavy atom. The Balaban J connectivity index is 2.20. The number of nitrogens with one attached hydrogen (secondary N) is 2. The largest absolute Gasteiger partial charge is 0.341 e. The highest BCUT2D eigenvalue weighted by Gasteiger charge is 2.24. The highest BCUT2D eigenvalue weighted by molar-refractivity contribution is 7.13. The predicted octanol–water partition coefficient (Wildman–Crippen LogP) is 2.50. The van der Waals surface area contributed by atoms with Crippen molar-refractivity contribution in [1.29, 1.82) is 5.26 Å². The smallest absolute Gasteiger partial charge is 0.279 e. The quantitative estimate of drug-likeness (QED) is 0.396. The Kier molecular flexibility index (Phi) is 7.17. The van der Waals surface area contributed by atoms with Crippen molar-refractivity contribution in [3.8, 4) is 16.6 Å². The van der Waals surface area contributed by atoms with Gasteiger partial charge in [0.25, 0.3) is 11.6 Å².